The lowest BCUT2D eigenvalue weighted by atomic mass is 10.1. The van der Waals surface area contributed by atoms with Crippen LogP contribution in [0.3, 0.4) is 0 Å². The van der Waals surface area contributed by atoms with Crippen molar-refractivity contribution in [1.82, 2.24) is 5.32 Å². The van der Waals surface area contributed by atoms with Crippen LogP contribution in [-0.2, 0) is 9.59 Å². The van der Waals surface area contributed by atoms with Crippen LogP contribution in [0.1, 0.15) is 18.9 Å². The molecule has 0 radical (unpaired) electrons. The fourth-order valence-electron chi connectivity index (χ4n) is 2.56. The standard InChI is InChI=1S/C20H17ClN2O3S/c1-2-10-26-16-5-3-4-13(11-16)12-17-18(24)22-20(27)23(19(17)25)15-8-6-14(21)7-9-15/h3-9,11-12H,2,10H2,1H3,(H,22,24,27). The molecule has 2 aromatic rings. The maximum absolute atomic E-state index is 12.9. The van der Waals surface area contributed by atoms with Crippen LogP contribution < -0.4 is 15.0 Å². The molecule has 2 amide bonds. The van der Waals surface area contributed by atoms with Crippen LogP contribution in [0.4, 0.5) is 5.69 Å². The number of ether oxygens (including phenoxy) is 1. The van der Waals surface area contributed by atoms with Gasteiger partial charge in [-0.2, -0.15) is 0 Å². The van der Waals surface area contributed by atoms with Crippen molar-refractivity contribution in [1.29, 1.82) is 0 Å². The van der Waals surface area contributed by atoms with Gasteiger partial charge < -0.3 is 4.74 Å². The zero-order valence-corrected chi connectivity index (χ0v) is 16.1. The van der Waals surface area contributed by atoms with Crippen LogP contribution in [0.5, 0.6) is 5.75 Å². The highest BCUT2D eigenvalue weighted by atomic mass is 35.5. The third-order valence-corrected chi connectivity index (χ3v) is 4.37. The SMILES string of the molecule is CCCOc1cccc(C=C2C(=O)NC(=S)N(c3ccc(Cl)cc3)C2=O)c1. The van der Waals surface area contributed by atoms with Gasteiger partial charge in [0.25, 0.3) is 11.8 Å². The molecule has 0 unspecified atom stereocenters. The normalized spacial score (nSPS) is 15.9. The van der Waals surface area contributed by atoms with Gasteiger partial charge in [0.2, 0.25) is 0 Å². The van der Waals surface area contributed by atoms with E-state index in [-0.39, 0.29) is 10.7 Å². The summed E-state index contributed by atoms with van der Waals surface area (Å²) >= 11 is 11.1. The molecule has 1 fully saturated rings. The lowest BCUT2D eigenvalue weighted by Crippen LogP contribution is -2.54. The van der Waals surface area contributed by atoms with Gasteiger partial charge >= 0.3 is 0 Å². The first kappa shape index (κ1) is 19.1. The minimum absolute atomic E-state index is 0.00816. The Hall–Kier alpha value is -2.70. The fourth-order valence-corrected chi connectivity index (χ4v) is 2.97. The van der Waals surface area contributed by atoms with Gasteiger partial charge in [-0.25, -0.2) is 0 Å². The highest BCUT2D eigenvalue weighted by Crippen LogP contribution is 2.24. The molecule has 1 N–H and O–H groups in total. The molecule has 0 aromatic heterocycles. The van der Waals surface area contributed by atoms with Crippen molar-refractivity contribution in [2.45, 2.75) is 13.3 Å². The predicted molar refractivity (Wildman–Crippen MR) is 110 cm³/mol. The number of rotatable bonds is 5. The number of halogens is 1. The van der Waals surface area contributed by atoms with Crippen molar-refractivity contribution in [2.24, 2.45) is 0 Å². The third kappa shape index (κ3) is 4.35. The first-order valence-electron chi connectivity index (χ1n) is 8.39. The maximum atomic E-state index is 12.9. The van der Waals surface area contributed by atoms with Gasteiger partial charge in [-0.3, -0.25) is 19.8 Å². The Bertz CT molecular complexity index is 925. The molecular formula is C20H17ClN2O3S. The average molecular weight is 401 g/mol. The molecule has 2 aromatic carbocycles. The quantitative estimate of drug-likeness (QED) is 0.469. The molecule has 1 heterocycles. The minimum Gasteiger partial charge on any atom is -0.494 e. The molecule has 138 valence electrons. The summed E-state index contributed by atoms with van der Waals surface area (Å²) in [6.45, 7) is 2.61. The third-order valence-electron chi connectivity index (χ3n) is 3.83. The Labute approximate surface area is 167 Å². The van der Waals surface area contributed by atoms with E-state index in [4.69, 9.17) is 28.6 Å². The zero-order chi connectivity index (χ0) is 19.4. The van der Waals surface area contributed by atoms with E-state index in [1.807, 2.05) is 19.1 Å². The second-order valence-electron chi connectivity index (χ2n) is 5.86. The number of nitrogens with zero attached hydrogens (tertiary/aromatic N) is 1. The van der Waals surface area contributed by atoms with Crippen molar-refractivity contribution < 1.29 is 14.3 Å². The second-order valence-corrected chi connectivity index (χ2v) is 6.68. The van der Waals surface area contributed by atoms with Crippen LogP contribution >= 0.6 is 23.8 Å². The highest BCUT2D eigenvalue weighted by Gasteiger charge is 2.34. The Morgan fingerprint density at radius 3 is 2.63 bits per heavy atom. The van der Waals surface area contributed by atoms with Gasteiger partial charge in [-0.05, 0) is 66.7 Å². The molecule has 7 heteroatoms. The number of anilines is 1. The van der Waals surface area contributed by atoms with Crippen LogP contribution in [0.25, 0.3) is 6.08 Å². The van der Waals surface area contributed by atoms with E-state index >= 15 is 0 Å². The van der Waals surface area contributed by atoms with Crippen LogP contribution in [0.15, 0.2) is 54.1 Å². The number of benzene rings is 2. The van der Waals surface area contributed by atoms with Crippen molar-refractivity contribution in [2.75, 3.05) is 11.5 Å². The summed E-state index contributed by atoms with van der Waals surface area (Å²) in [5.74, 6) is -0.346. The predicted octanol–water partition coefficient (Wildman–Crippen LogP) is 3.96. The Morgan fingerprint density at radius 2 is 1.93 bits per heavy atom. The van der Waals surface area contributed by atoms with E-state index in [1.165, 1.54) is 11.0 Å². The summed E-state index contributed by atoms with van der Waals surface area (Å²) < 4.78 is 5.60. The van der Waals surface area contributed by atoms with Gasteiger partial charge in [0.15, 0.2) is 5.11 Å². The first-order chi connectivity index (χ1) is 13.0. The molecule has 0 aliphatic carbocycles. The van der Waals surface area contributed by atoms with E-state index in [0.717, 1.165) is 6.42 Å². The fraction of sp³-hybridized carbons (Fsp3) is 0.150. The summed E-state index contributed by atoms with van der Waals surface area (Å²) in [5, 5.41) is 3.13. The van der Waals surface area contributed by atoms with Gasteiger partial charge in [0, 0.05) is 5.02 Å². The van der Waals surface area contributed by atoms with E-state index in [1.54, 1.807) is 36.4 Å². The summed E-state index contributed by atoms with van der Waals surface area (Å²) in [6, 6.07) is 13.9. The molecule has 1 saturated heterocycles. The van der Waals surface area contributed by atoms with E-state index in [9.17, 15) is 9.59 Å². The number of carbonyl (C=O) groups excluding carboxylic acids is 2. The van der Waals surface area contributed by atoms with E-state index < -0.39 is 11.8 Å². The van der Waals surface area contributed by atoms with Crippen LogP contribution in [-0.4, -0.2) is 23.5 Å². The van der Waals surface area contributed by atoms with Crippen molar-refractivity contribution in [3.63, 3.8) is 0 Å². The number of hydrogen-bond donors (Lipinski definition) is 1. The molecule has 0 saturated carbocycles. The minimum atomic E-state index is -0.532. The Morgan fingerprint density at radius 1 is 1.19 bits per heavy atom. The average Bonchev–Trinajstić information content (AvgIpc) is 2.65. The summed E-state index contributed by atoms with van der Waals surface area (Å²) in [5.41, 5.74) is 1.21. The lowest BCUT2D eigenvalue weighted by molar-refractivity contribution is -0.122. The maximum Gasteiger partial charge on any atom is 0.270 e. The van der Waals surface area contributed by atoms with Crippen molar-refractivity contribution in [3.05, 3.63) is 64.7 Å². The summed E-state index contributed by atoms with van der Waals surface area (Å²) in [7, 11) is 0. The van der Waals surface area contributed by atoms with Gasteiger partial charge in [-0.1, -0.05) is 30.7 Å². The van der Waals surface area contributed by atoms with Crippen LogP contribution in [0, 0.1) is 0 Å². The molecule has 0 atom stereocenters. The molecular weight excluding hydrogens is 384 g/mol. The Balaban J connectivity index is 1.93. The molecule has 0 bridgehead atoms. The van der Waals surface area contributed by atoms with E-state index in [0.29, 0.717) is 28.6 Å². The van der Waals surface area contributed by atoms with Crippen molar-refractivity contribution in [3.8, 4) is 5.75 Å². The lowest BCUT2D eigenvalue weighted by Gasteiger charge is -2.29. The number of carbonyl (C=O) groups is 2. The van der Waals surface area contributed by atoms with E-state index in [2.05, 4.69) is 5.32 Å². The molecule has 5 nitrogen and oxygen atoms in total. The molecule has 1 aliphatic heterocycles. The van der Waals surface area contributed by atoms with Crippen LogP contribution in [0.2, 0.25) is 5.02 Å². The van der Waals surface area contributed by atoms with Crippen molar-refractivity contribution >= 4 is 52.5 Å². The number of hydrogen-bond acceptors (Lipinski definition) is 4. The molecule has 27 heavy (non-hydrogen) atoms. The Kier molecular flexibility index (Phi) is 5.88. The number of nitrogens with one attached hydrogen (secondary N) is 1. The molecule has 3 rings (SSSR count). The first-order valence-corrected chi connectivity index (χ1v) is 9.18. The summed E-state index contributed by atoms with van der Waals surface area (Å²) in [6.07, 6.45) is 2.42. The number of amides is 2. The zero-order valence-electron chi connectivity index (χ0n) is 14.6. The second kappa shape index (κ2) is 8.33. The molecule has 1 aliphatic rings. The monoisotopic (exact) mass is 400 g/mol. The summed E-state index contributed by atoms with van der Waals surface area (Å²) in [4.78, 5) is 26.6. The topological polar surface area (TPSA) is 58.6 Å². The molecule has 0 spiro atoms. The largest absolute Gasteiger partial charge is 0.494 e. The van der Waals surface area contributed by atoms with Gasteiger partial charge in [0.05, 0.1) is 12.3 Å². The highest BCUT2D eigenvalue weighted by molar-refractivity contribution is 7.80. The van der Waals surface area contributed by atoms with Gasteiger partial charge in [-0.15, -0.1) is 0 Å². The number of thiocarbonyl (C=S) groups is 1. The smallest absolute Gasteiger partial charge is 0.270 e. The van der Waals surface area contributed by atoms with Gasteiger partial charge in [0.1, 0.15) is 11.3 Å².